The summed E-state index contributed by atoms with van der Waals surface area (Å²) in [5, 5.41) is 0. The highest BCUT2D eigenvalue weighted by Gasteiger charge is 2.39. The predicted octanol–water partition coefficient (Wildman–Crippen LogP) is 2.36. The Morgan fingerprint density at radius 1 is 1.50 bits per heavy atom. The van der Waals surface area contributed by atoms with Gasteiger partial charge in [0, 0.05) is 6.42 Å². The third-order valence-electron chi connectivity index (χ3n) is 3.81. The molecule has 0 saturated carbocycles. The summed E-state index contributed by atoms with van der Waals surface area (Å²) in [7, 11) is 1.32. The van der Waals surface area contributed by atoms with Crippen molar-refractivity contribution in [2.75, 3.05) is 7.11 Å². The van der Waals surface area contributed by atoms with E-state index in [-0.39, 0.29) is 17.8 Å². The molecule has 0 bridgehead atoms. The highest BCUT2D eigenvalue weighted by atomic mass is 19.1. The number of amides is 1. The zero-order valence-corrected chi connectivity index (χ0v) is 11.9. The molecule has 0 N–H and O–H groups in total. The van der Waals surface area contributed by atoms with Crippen molar-refractivity contribution in [1.29, 1.82) is 0 Å². The van der Waals surface area contributed by atoms with Crippen molar-refractivity contribution >= 4 is 11.9 Å². The molecule has 2 rings (SSSR count). The molecule has 2 unspecified atom stereocenters. The van der Waals surface area contributed by atoms with Crippen LogP contribution < -0.4 is 0 Å². The lowest BCUT2D eigenvalue weighted by molar-refractivity contribution is -0.150. The standard InChI is InChI=1S/C15H18FNO3/c1-9-8-11(4-5-12(9)16)10(2)17-13(15(19)20-3)6-7-14(17)18/h4-5,8,10,13H,6-7H2,1-3H3. The molecule has 4 nitrogen and oxygen atoms in total. The number of aryl methyl sites for hydroxylation is 1. The fourth-order valence-corrected chi connectivity index (χ4v) is 2.64. The molecule has 0 aliphatic carbocycles. The molecule has 1 aliphatic rings. The van der Waals surface area contributed by atoms with E-state index < -0.39 is 12.0 Å². The monoisotopic (exact) mass is 279 g/mol. The lowest BCUT2D eigenvalue weighted by atomic mass is 10.0. The van der Waals surface area contributed by atoms with Crippen molar-refractivity contribution in [1.82, 2.24) is 4.90 Å². The van der Waals surface area contributed by atoms with Crippen molar-refractivity contribution in [2.24, 2.45) is 0 Å². The molecule has 1 saturated heterocycles. The first kappa shape index (κ1) is 14.5. The maximum absolute atomic E-state index is 13.3. The Morgan fingerprint density at radius 2 is 2.20 bits per heavy atom. The maximum atomic E-state index is 13.3. The molecule has 1 amide bonds. The van der Waals surface area contributed by atoms with Crippen LogP contribution in [0.15, 0.2) is 18.2 Å². The summed E-state index contributed by atoms with van der Waals surface area (Å²) in [6.07, 6.45) is 0.806. The van der Waals surface area contributed by atoms with Crippen LogP contribution in [-0.2, 0) is 14.3 Å². The number of hydrogen-bond donors (Lipinski definition) is 0. The second-order valence-electron chi connectivity index (χ2n) is 5.06. The van der Waals surface area contributed by atoms with Crippen LogP contribution in [0.4, 0.5) is 4.39 Å². The summed E-state index contributed by atoms with van der Waals surface area (Å²) in [4.78, 5) is 25.3. The van der Waals surface area contributed by atoms with Gasteiger partial charge in [-0.2, -0.15) is 0 Å². The number of esters is 1. The number of hydrogen-bond acceptors (Lipinski definition) is 3. The Kier molecular flexibility index (Phi) is 4.06. The summed E-state index contributed by atoms with van der Waals surface area (Å²) in [5.74, 6) is -0.755. The average Bonchev–Trinajstić information content (AvgIpc) is 2.82. The molecule has 5 heteroatoms. The Balaban J connectivity index is 2.29. The van der Waals surface area contributed by atoms with Gasteiger partial charge in [0.1, 0.15) is 11.9 Å². The van der Waals surface area contributed by atoms with E-state index in [1.54, 1.807) is 24.0 Å². The number of ether oxygens (including phenoxy) is 1. The number of carbonyl (C=O) groups is 2. The second-order valence-corrected chi connectivity index (χ2v) is 5.06. The molecule has 1 fully saturated rings. The molecule has 20 heavy (non-hydrogen) atoms. The molecule has 0 aromatic heterocycles. The maximum Gasteiger partial charge on any atom is 0.328 e. The van der Waals surface area contributed by atoms with Gasteiger partial charge in [-0.1, -0.05) is 12.1 Å². The van der Waals surface area contributed by atoms with Crippen molar-refractivity contribution in [3.05, 3.63) is 35.1 Å². The molecule has 2 atom stereocenters. The summed E-state index contributed by atoms with van der Waals surface area (Å²) in [6.45, 7) is 3.51. The fourth-order valence-electron chi connectivity index (χ4n) is 2.64. The third kappa shape index (κ3) is 2.53. The van der Waals surface area contributed by atoms with Crippen molar-refractivity contribution in [3.8, 4) is 0 Å². The van der Waals surface area contributed by atoms with Gasteiger partial charge in [-0.3, -0.25) is 4.79 Å². The van der Waals surface area contributed by atoms with Crippen LogP contribution in [-0.4, -0.2) is 29.9 Å². The van der Waals surface area contributed by atoms with Crippen LogP contribution in [0.1, 0.15) is 36.9 Å². The van der Waals surface area contributed by atoms with Crippen LogP contribution in [0.3, 0.4) is 0 Å². The first-order valence-corrected chi connectivity index (χ1v) is 6.60. The Labute approximate surface area is 117 Å². The number of methoxy groups -OCH3 is 1. The summed E-state index contributed by atoms with van der Waals surface area (Å²) >= 11 is 0. The van der Waals surface area contributed by atoms with E-state index in [2.05, 4.69) is 0 Å². The molecule has 108 valence electrons. The van der Waals surface area contributed by atoms with E-state index in [1.165, 1.54) is 13.2 Å². The summed E-state index contributed by atoms with van der Waals surface area (Å²) < 4.78 is 18.1. The quantitative estimate of drug-likeness (QED) is 0.798. The van der Waals surface area contributed by atoms with E-state index in [4.69, 9.17) is 4.74 Å². The van der Waals surface area contributed by atoms with Crippen LogP contribution in [0.25, 0.3) is 0 Å². The molecule has 0 radical (unpaired) electrons. The third-order valence-corrected chi connectivity index (χ3v) is 3.81. The van der Waals surface area contributed by atoms with Gasteiger partial charge in [-0.25, -0.2) is 9.18 Å². The lowest BCUT2D eigenvalue weighted by Gasteiger charge is -2.30. The number of halogens is 1. The number of rotatable bonds is 3. The van der Waals surface area contributed by atoms with Gasteiger partial charge in [0.15, 0.2) is 0 Å². The first-order valence-electron chi connectivity index (χ1n) is 6.60. The van der Waals surface area contributed by atoms with Crippen molar-refractivity contribution < 1.29 is 18.7 Å². The highest BCUT2D eigenvalue weighted by Crippen LogP contribution is 2.31. The van der Waals surface area contributed by atoms with Gasteiger partial charge < -0.3 is 9.64 Å². The van der Waals surface area contributed by atoms with Gasteiger partial charge >= 0.3 is 5.97 Å². The molecule has 1 heterocycles. The largest absolute Gasteiger partial charge is 0.467 e. The van der Waals surface area contributed by atoms with Crippen molar-refractivity contribution in [2.45, 2.75) is 38.8 Å². The topological polar surface area (TPSA) is 46.6 Å². The fraction of sp³-hybridized carbons (Fsp3) is 0.467. The SMILES string of the molecule is COC(=O)C1CCC(=O)N1C(C)c1ccc(F)c(C)c1. The lowest BCUT2D eigenvalue weighted by Crippen LogP contribution is -2.40. The van der Waals surface area contributed by atoms with Crippen LogP contribution in [0, 0.1) is 12.7 Å². The van der Waals surface area contributed by atoms with E-state index >= 15 is 0 Å². The Morgan fingerprint density at radius 3 is 2.80 bits per heavy atom. The molecular formula is C15H18FNO3. The predicted molar refractivity (Wildman–Crippen MR) is 71.4 cm³/mol. The molecule has 1 aliphatic heterocycles. The van der Waals surface area contributed by atoms with Gasteiger partial charge in [-0.15, -0.1) is 0 Å². The van der Waals surface area contributed by atoms with E-state index in [0.29, 0.717) is 18.4 Å². The van der Waals surface area contributed by atoms with Gasteiger partial charge in [0.05, 0.1) is 13.2 Å². The van der Waals surface area contributed by atoms with Crippen LogP contribution in [0.2, 0.25) is 0 Å². The summed E-state index contributed by atoms with van der Waals surface area (Å²) in [6, 6.07) is 3.91. The van der Waals surface area contributed by atoms with E-state index in [0.717, 1.165) is 5.56 Å². The molecule has 1 aromatic rings. The minimum Gasteiger partial charge on any atom is -0.467 e. The van der Waals surface area contributed by atoms with Gasteiger partial charge in [0.2, 0.25) is 5.91 Å². The number of nitrogens with zero attached hydrogens (tertiary/aromatic N) is 1. The molecule has 1 aromatic carbocycles. The molecule has 0 spiro atoms. The zero-order chi connectivity index (χ0) is 14.9. The minimum atomic E-state index is -0.548. The first-order chi connectivity index (χ1) is 9.45. The molecular weight excluding hydrogens is 261 g/mol. The van der Waals surface area contributed by atoms with Crippen molar-refractivity contribution in [3.63, 3.8) is 0 Å². The van der Waals surface area contributed by atoms with Gasteiger partial charge in [-0.05, 0) is 37.5 Å². The van der Waals surface area contributed by atoms with E-state index in [9.17, 15) is 14.0 Å². The summed E-state index contributed by atoms with van der Waals surface area (Å²) in [5.41, 5.74) is 1.34. The average molecular weight is 279 g/mol. The zero-order valence-electron chi connectivity index (χ0n) is 11.9. The Hall–Kier alpha value is -1.91. The minimum absolute atomic E-state index is 0.0742. The van der Waals surface area contributed by atoms with Gasteiger partial charge in [0.25, 0.3) is 0 Å². The second kappa shape index (κ2) is 5.61. The number of carbonyl (C=O) groups excluding carboxylic acids is 2. The number of benzene rings is 1. The Bertz CT molecular complexity index is 544. The van der Waals surface area contributed by atoms with E-state index in [1.807, 2.05) is 6.92 Å². The smallest absolute Gasteiger partial charge is 0.328 e. The van der Waals surface area contributed by atoms with Crippen LogP contribution >= 0.6 is 0 Å². The highest BCUT2D eigenvalue weighted by molar-refractivity contribution is 5.88. The van der Waals surface area contributed by atoms with Crippen LogP contribution in [0.5, 0.6) is 0 Å². The normalized spacial score (nSPS) is 20.1. The number of likely N-dealkylation sites (tertiary alicyclic amines) is 1.